The number of hydrogen-bond donors (Lipinski definition) is 1. The first-order valence-corrected chi connectivity index (χ1v) is 4.57. The van der Waals surface area contributed by atoms with Gasteiger partial charge in [-0.05, 0) is 23.3 Å². The minimum absolute atomic E-state index is 0.133. The average Bonchev–Trinajstić information content (AvgIpc) is 2.18. The van der Waals surface area contributed by atoms with Crippen molar-refractivity contribution < 1.29 is 5.11 Å². The van der Waals surface area contributed by atoms with Gasteiger partial charge in [0.1, 0.15) is 5.76 Å². The van der Waals surface area contributed by atoms with E-state index in [2.05, 4.69) is 18.7 Å². The summed E-state index contributed by atoms with van der Waals surface area (Å²) < 4.78 is 0. The van der Waals surface area contributed by atoms with Gasteiger partial charge in [0.05, 0.1) is 0 Å². The molecule has 14 heavy (non-hydrogen) atoms. The molecule has 0 fully saturated rings. The van der Waals surface area contributed by atoms with Crippen LogP contribution in [0, 0.1) is 6.92 Å². The summed E-state index contributed by atoms with van der Waals surface area (Å²) in [4.78, 5) is 0. The molecular weight excluding hydrogens is 172 g/mol. The highest BCUT2D eigenvalue weighted by molar-refractivity contribution is 5.89. The topological polar surface area (TPSA) is 20.2 Å². The van der Waals surface area contributed by atoms with Crippen LogP contribution in [0.25, 0.3) is 16.5 Å². The van der Waals surface area contributed by atoms with Crippen LogP contribution >= 0.6 is 0 Å². The van der Waals surface area contributed by atoms with Gasteiger partial charge in [0.25, 0.3) is 0 Å². The van der Waals surface area contributed by atoms with Crippen molar-refractivity contribution in [3.8, 4) is 0 Å². The number of aliphatic hydroxyl groups is 1. The van der Waals surface area contributed by atoms with Gasteiger partial charge in [-0.2, -0.15) is 0 Å². The lowest BCUT2D eigenvalue weighted by atomic mass is 9.99. The van der Waals surface area contributed by atoms with Gasteiger partial charge in [0.2, 0.25) is 0 Å². The molecule has 1 heteroatoms. The van der Waals surface area contributed by atoms with E-state index in [0.717, 1.165) is 11.1 Å². The monoisotopic (exact) mass is 184 g/mol. The molecule has 0 bridgehead atoms. The molecule has 2 aromatic carbocycles. The summed E-state index contributed by atoms with van der Waals surface area (Å²) in [5.41, 5.74) is 1.90. The lowest BCUT2D eigenvalue weighted by Crippen LogP contribution is -1.88. The summed E-state index contributed by atoms with van der Waals surface area (Å²) in [6.07, 6.45) is 0. The fraction of sp³-hybridized carbons (Fsp3) is 0.0769. The van der Waals surface area contributed by atoms with E-state index < -0.39 is 0 Å². The first-order valence-electron chi connectivity index (χ1n) is 4.57. The van der Waals surface area contributed by atoms with E-state index in [1.807, 2.05) is 31.2 Å². The fourth-order valence-corrected chi connectivity index (χ4v) is 1.74. The Labute approximate surface area is 83.3 Å². The molecular formula is C13H12O. The maximum absolute atomic E-state index is 9.37. The second-order valence-corrected chi connectivity index (χ2v) is 3.41. The van der Waals surface area contributed by atoms with Crippen molar-refractivity contribution in [3.05, 3.63) is 54.1 Å². The summed E-state index contributed by atoms with van der Waals surface area (Å²) in [5, 5.41) is 11.7. The lowest BCUT2D eigenvalue weighted by Gasteiger charge is -2.07. The molecule has 0 heterocycles. The predicted molar refractivity (Wildman–Crippen MR) is 60.3 cm³/mol. The van der Waals surface area contributed by atoms with E-state index in [1.54, 1.807) is 0 Å². The molecule has 70 valence electrons. The minimum atomic E-state index is 0.133. The SMILES string of the molecule is C=C(O)c1ccc2ccccc2c1C. The molecule has 0 radical (unpaired) electrons. The number of aliphatic hydroxyl groups excluding tert-OH is 1. The van der Waals surface area contributed by atoms with Crippen LogP contribution in [-0.2, 0) is 0 Å². The summed E-state index contributed by atoms with van der Waals surface area (Å²) in [6, 6.07) is 12.0. The van der Waals surface area contributed by atoms with Crippen LogP contribution in [0.15, 0.2) is 43.0 Å². The molecule has 0 unspecified atom stereocenters. The largest absolute Gasteiger partial charge is 0.508 e. The van der Waals surface area contributed by atoms with Gasteiger partial charge >= 0.3 is 0 Å². The Hall–Kier alpha value is -1.76. The minimum Gasteiger partial charge on any atom is -0.508 e. The molecule has 0 aromatic heterocycles. The highest BCUT2D eigenvalue weighted by atomic mass is 16.3. The van der Waals surface area contributed by atoms with Gasteiger partial charge in [0.15, 0.2) is 0 Å². The summed E-state index contributed by atoms with van der Waals surface area (Å²) >= 11 is 0. The van der Waals surface area contributed by atoms with Crippen molar-refractivity contribution >= 4 is 16.5 Å². The molecule has 2 aromatic rings. The second kappa shape index (κ2) is 3.18. The van der Waals surface area contributed by atoms with Crippen LogP contribution in [0.1, 0.15) is 11.1 Å². The number of aryl methyl sites for hydroxylation is 1. The number of rotatable bonds is 1. The highest BCUT2D eigenvalue weighted by Crippen LogP contribution is 2.24. The highest BCUT2D eigenvalue weighted by Gasteiger charge is 2.04. The zero-order valence-corrected chi connectivity index (χ0v) is 8.12. The lowest BCUT2D eigenvalue weighted by molar-refractivity contribution is 0.513. The van der Waals surface area contributed by atoms with Crippen LogP contribution in [0.4, 0.5) is 0 Å². The van der Waals surface area contributed by atoms with E-state index in [9.17, 15) is 5.11 Å². The molecule has 0 aliphatic heterocycles. The third kappa shape index (κ3) is 1.27. The molecule has 0 saturated heterocycles. The smallest absolute Gasteiger partial charge is 0.115 e. The zero-order chi connectivity index (χ0) is 10.1. The molecule has 0 atom stereocenters. The van der Waals surface area contributed by atoms with E-state index >= 15 is 0 Å². The zero-order valence-electron chi connectivity index (χ0n) is 8.12. The van der Waals surface area contributed by atoms with Gasteiger partial charge in [-0.3, -0.25) is 0 Å². The second-order valence-electron chi connectivity index (χ2n) is 3.41. The molecule has 0 aliphatic rings. The van der Waals surface area contributed by atoms with E-state index in [-0.39, 0.29) is 5.76 Å². The summed E-state index contributed by atoms with van der Waals surface area (Å²) in [7, 11) is 0. The van der Waals surface area contributed by atoms with Crippen molar-refractivity contribution in [2.24, 2.45) is 0 Å². The van der Waals surface area contributed by atoms with E-state index in [0.29, 0.717) is 0 Å². The molecule has 0 amide bonds. The van der Waals surface area contributed by atoms with Crippen molar-refractivity contribution in [2.45, 2.75) is 6.92 Å². The standard InChI is InChI=1S/C13H12O/c1-9-12(10(2)14)8-7-11-5-3-4-6-13(9)11/h3-8,14H,2H2,1H3. The van der Waals surface area contributed by atoms with Crippen molar-refractivity contribution in [2.75, 3.05) is 0 Å². The number of fused-ring (bicyclic) bond motifs is 1. The van der Waals surface area contributed by atoms with Gasteiger partial charge < -0.3 is 5.11 Å². The Bertz CT molecular complexity index is 498. The predicted octanol–water partition coefficient (Wildman–Crippen LogP) is 3.68. The molecule has 0 saturated carbocycles. The number of benzene rings is 2. The molecule has 0 spiro atoms. The van der Waals surface area contributed by atoms with Crippen LogP contribution in [-0.4, -0.2) is 5.11 Å². The van der Waals surface area contributed by atoms with Crippen molar-refractivity contribution in [1.82, 2.24) is 0 Å². The number of hydrogen-bond acceptors (Lipinski definition) is 1. The van der Waals surface area contributed by atoms with Crippen molar-refractivity contribution in [1.29, 1.82) is 0 Å². The van der Waals surface area contributed by atoms with Crippen LogP contribution in [0.3, 0.4) is 0 Å². The Morgan fingerprint density at radius 1 is 1.14 bits per heavy atom. The molecule has 2 rings (SSSR count). The maximum Gasteiger partial charge on any atom is 0.115 e. The summed E-state index contributed by atoms with van der Waals surface area (Å²) in [6.45, 7) is 5.55. The Kier molecular flexibility index (Phi) is 2.01. The fourth-order valence-electron chi connectivity index (χ4n) is 1.74. The normalized spacial score (nSPS) is 10.4. The van der Waals surface area contributed by atoms with Gasteiger partial charge in [0, 0.05) is 5.56 Å². The third-order valence-electron chi connectivity index (χ3n) is 2.51. The molecule has 1 N–H and O–H groups in total. The first kappa shape index (κ1) is 8.82. The first-order chi connectivity index (χ1) is 6.70. The van der Waals surface area contributed by atoms with Crippen LogP contribution in [0.5, 0.6) is 0 Å². The van der Waals surface area contributed by atoms with Gasteiger partial charge in [-0.15, -0.1) is 0 Å². The van der Waals surface area contributed by atoms with Crippen LogP contribution < -0.4 is 0 Å². The quantitative estimate of drug-likeness (QED) is 0.670. The average molecular weight is 184 g/mol. The van der Waals surface area contributed by atoms with E-state index in [4.69, 9.17) is 0 Å². The van der Waals surface area contributed by atoms with Gasteiger partial charge in [-0.1, -0.05) is 43.0 Å². The Morgan fingerprint density at radius 3 is 2.57 bits per heavy atom. The van der Waals surface area contributed by atoms with Crippen molar-refractivity contribution in [3.63, 3.8) is 0 Å². The molecule has 1 nitrogen and oxygen atoms in total. The van der Waals surface area contributed by atoms with Gasteiger partial charge in [-0.25, -0.2) is 0 Å². The van der Waals surface area contributed by atoms with E-state index in [1.165, 1.54) is 10.8 Å². The summed E-state index contributed by atoms with van der Waals surface area (Å²) in [5.74, 6) is 0.133. The molecule has 0 aliphatic carbocycles. The van der Waals surface area contributed by atoms with Crippen LogP contribution in [0.2, 0.25) is 0 Å². The third-order valence-corrected chi connectivity index (χ3v) is 2.51. The maximum atomic E-state index is 9.37. The Morgan fingerprint density at radius 2 is 1.86 bits per heavy atom. The Balaban J connectivity index is 2.81.